The Morgan fingerprint density at radius 1 is 0.310 bits per heavy atom. The van der Waals surface area contributed by atoms with Gasteiger partial charge in [-0.2, -0.15) is 0 Å². The van der Waals surface area contributed by atoms with Gasteiger partial charge in [0.25, 0.3) is 0 Å². The van der Waals surface area contributed by atoms with Crippen molar-refractivity contribution in [2.45, 2.75) is 66.2 Å². The lowest BCUT2D eigenvalue weighted by atomic mass is 9.62. The highest BCUT2D eigenvalue weighted by Gasteiger charge is 2.49. The van der Waals surface area contributed by atoms with Crippen LogP contribution in [0.5, 0.6) is 0 Å². The molecule has 0 aliphatic heterocycles. The summed E-state index contributed by atoms with van der Waals surface area (Å²) in [5.74, 6) is 1.73. The van der Waals surface area contributed by atoms with E-state index in [9.17, 15) is 0 Å². The molecule has 0 fully saturated rings. The average molecular weight is 749 g/mol. The Hall–Kier alpha value is -5.72. The molecule has 0 nitrogen and oxygen atoms in total. The van der Waals surface area contributed by atoms with E-state index in [1.165, 1.54) is 111 Å². The smallest absolute Gasteiger partial charge is 0.0261 e. The number of hydrogen-bond donors (Lipinski definition) is 0. The molecular formula is C58H52. The first-order valence-corrected chi connectivity index (χ1v) is 21.7. The van der Waals surface area contributed by atoms with Gasteiger partial charge >= 0.3 is 0 Å². The molecule has 8 aromatic rings. The van der Waals surface area contributed by atoms with Crippen LogP contribution in [0.25, 0.3) is 88.3 Å². The van der Waals surface area contributed by atoms with Crippen LogP contribution in [-0.4, -0.2) is 0 Å². The molecule has 0 bridgehead atoms. The van der Waals surface area contributed by atoms with Gasteiger partial charge in [-0.05, 0) is 146 Å². The minimum atomic E-state index is -0.0782. The Morgan fingerprint density at radius 3 is 1.09 bits per heavy atom. The Bertz CT molecular complexity index is 2800. The first-order chi connectivity index (χ1) is 28.1. The molecule has 0 aromatic heterocycles. The normalized spacial score (nSPS) is 15.1. The fourth-order valence-corrected chi connectivity index (χ4v) is 13.2. The van der Waals surface area contributed by atoms with Crippen LogP contribution < -0.4 is 0 Å². The summed E-state index contributed by atoms with van der Waals surface area (Å²) in [4.78, 5) is 0. The molecule has 0 unspecified atom stereocenters. The summed E-state index contributed by atoms with van der Waals surface area (Å²) in [5, 5.41) is 5.31. The highest BCUT2D eigenvalue weighted by Crippen LogP contribution is 2.62. The van der Waals surface area contributed by atoms with E-state index in [2.05, 4.69) is 201 Å². The SMILES string of the molecule is CC(C)C1(C(C)C)c2ccccc2-c2ccc(-c3c4c(c(-c5ccc6c(c5)C(C(C)C)(C(C)C)c5ccccc5-6)c5ccccc35)-c3cccc5cccc-4c35)cc21. The minimum absolute atomic E-state index is 0.0782. The van der Waals surface area contributed by atoms with E-state index in [1.807, 2.05) is 0 Å². The highest BCUT2D eigenvalue weighted by molar-refractivity contribution is 6.27. The van der Waals surface area contributed by atoms with Crippen LogP contribution in [0.1, 0.15) is 77.6 Å². The van der Waals surface area contributed by atoms with Crippen LogP contribution >= 0.6 is 0 Å². The Balaban J connectivity index is 1.25. The van der Waals surface area contributed by atoms with E-state index in [0.717, 1.165) is 0 Å². The molecule has 58 heavy (non-hydrogen) atoms. The molecule has 0 N–H and O–H groups in total. The maximum absolute atomic E-state index is 2.60. The first-order valence-electron chi connectivity index (χ1n) is 21.7. The Labute approximate surface area is 344 Å². The highest BCUT2D eigenvalue weighted by atomic mass is 14.5. The lowest BCUT2D eigenvalue weighted by Crippen LogP contribution is -2.37. The van der Waals surface area contributed by atoms with Gasteiger partial charge in [0.2, 0.25) is 0 Å². The zero-order chi connectivity index (χ0) is 39.8. The maximum atomic E-state index is 2.60. The first kappa shape index (κ1) is 35.4. The van der Waals surface area contributed by atoms with E-state index in [0.29, 0.717) is 23.7 Å². The van der Waals surface area contributed by atoms with E-state index >= 15 is 0 Å². The zero-order valence-corrected chi connectivity index (χ0v) is 35.2. The van der Waals surface area contributed by atoms with Gasteiger partial charge < -0.3 is 0 Å². The molecule has 284 valence electrons. The molecule has 0 heteroatoms. The molecule has 0 amide bonds. The van der Waals surface area contributed by atoms with E-state index < -0.39 is 0 Å². The van der Waals surface area contributed by atoms with Crippen LogP contribution in [-0.2, 0) is 10.8 Å². The van der Waals surface area contributed by atoms with Gasteiger partial charge in [-0.1, -0.05) is 189 Å². The summed E-state index contributed by atoms with van der Waals surface area (Å²) in [6.45, 7) is 19.4. The summed E-state index contributed by atoms with van der Waals surface area (Å²) >= 11 is 0. The molecule has 8 aromatic carbocycles. The van der Waals surface area contributed by atoms with Crippen molar-refractivity contribution in [2.24, 2.45) is 23.7 Å². The summed E-state index contributed by atoms with van der Waals surface area (Å²) in [5.41, 5.74) is 22.1. The van der Waals surface area contributed by atoms with Crippen molar-refractivity contribution in [3.63, 3.8) is 0 Å². The summed E-state index contributed by atoms with van der Waals surface area (Å²) in [7, 11) is 0. The Morgan fingerprint density at radius 2 is 0.672 bits per heavy atom. The molecule has 0 atom stereocenters. The second-order valence-electron chi connectivity index (χ2n) is 18.7. The van der Waals surface area contributed by atoms with Gasteiger partial charge in [0.15, 0.2) is 0 Å². The van der Waals surface area contributed by atoms with Crippen LogP contribution in [0.15, 0.2) is 146 Å². The van der Waals surface area contributed by atoms with Crippen LogP contribution in [0, 0.1) is 23.7 Å². The topological polar surface area (TPSA) is 0 Å². The molecule has 0 saturated heterocycles. The van der Waals surface area contributed by atoms with E-state index in [-0.39, 0.29) is 10.8 Å². The second-order valence-corrected chi connectivity index (χ2v) is 18.7. The zero-order valence-electron chi connectivity index (χ0n) is 35.2. The summed E-state index contributed by atoms with van der Waals surface area (Å²) < 4.78 is 0. The molecule has 3 aliphatic carbocycles. The third kappa shape index (κ3) is 4.26. The standard InChI is InChI=1S/C58H52/c1-33(2)57(34(3)4)48-25-13-11-19-40(48)42-29-27-38(31-50(42)57)53-44-21-9-10-22-45(44)54(56-47-24-16-18-37-17-15-23-46(52(37)47)55(53)56)39-28-30-43-41-20-12-14-26-49(41)58(35(5)6,36(7)8)51(43)32-39/h9-36H,1-8H3. The average Bonchev–Trinajstić information content (AvgIpc) is 3.83. The van der Waals surface area contributed by atoms with Crippen LogP contribution in [0.4, 0.5) is 0 Å². The van der Waals surface area contributed by atoms with Crippen LogP contribution in [0.3, 0.4) is 0 Å². The largest absolute Gasteiger partial charge is 0.0619 e. The minimum Gasteiger partial charge on any atom is -0.0619 e. The number of fused-ring (bicyclic) bond motifs is 10. The molecular weight excluding hydrogens is 697 g/mol. The lowest BCUT2D eigenvalue weighted by molar-refractivity contribution is 0.280. The number of benzene rings is 8. The molecule has 0 saturated carbocycles. The van der Waals surface area contributed by atoms with Gasteiger partial charge in [0, 0.05) is 10.8 Å². The van der Waals surface area contributed by atoms with E-state index in [4.69, 9.17) is 0 Å². The number of rotatable bonds is 6. The lowest BCUT2D eigenvalue weighted by Gasteiger charge is -2.40. The summed E-state index contributed by atoms with van der Waals surface area (Å²) in [6, 6.07) is 56.6. The van der Waals surface area contributed by atoms with Gasteiger partial charge in [0.1, 0.15) is 0 Å². The second kappa shape index (κ2) is 12.4. The monoisotopic (exact) mass is 748 g/mol. The third-order valence-corrected chi connectivity index (χ3v) is 15.1. The van der Waals surface area contributed by atoms with Gasteiger partial charge in [-0.15, -0.1) is 0 Å². The fraction of sp³-hybridized carbons (Fsp3) is 0.241. The molecule has 3 aliphatic rings. The van der Waals surface area contributed by atoms with Gasteiger partial charge in [0.05, 0.1) is 0 Å². The van der Waals surface area contributed by atoms with Crippen molar-refractivity contribution in [3.8, 4) is 66.8 Å². The fourth-order valence-electron chi connectivity index (χ4n) is 13.2. The molecule has 0 radical (unpaired) electrons. The predicted octanol–water partition coefficient (Wildman–Crippen LogP) is 16.1. The van der Waals surface area contributed by atoms with Crippen LogP contribution in [0.2, 0.25) is 0 Å². The van der Waals surface area contributed by atoms with Crippen molar-refractivity contribution >= 4 is 21.5 Å². The maximum Gasteiger partial charge on any atom is 0.0261 e. The number of hydrogen-bond acceptors (Lipinski definition) is 0. The van der Waals surface area contributed by atoms with Crippen molar-refractivity contribution in [1.82, 2.24) is 0 Å². The van der Waals surface area contributed by atoms with Gasteiger partial charge in [-0.25, -0.2) is 0 Å². The molecule has 0 spiro atoms. The van der Waals surface area contributed by atoms with Gasteiger partial charge in [-0.3, -0.25) is 0 Å². The summed E-state index contributed by atoms with van der Waals surface area (Å²) in [6.07, 6.45) is 0. The third-order valence-electron chi connectivity index (χ3n) is 15.1. The van der Waals surface area contributed by atoms with E-state index in [1.54, 1.807) is 0 Å². The van der Waals surface area contributed by atoms with Crippen molar-refractivity contribution < 1.29 is 0 Å². The predicted molar refractivity (Wildman–Crippen MR) is 249 cm³/mol. The molecule has 0 heterocycles. The quantitative estimate of drug-likeness (QED) is 0.159. The Kier molecular flexibility index (Phi) is 7.57. The molecule has 11 rings (SSSR count). The van der Waals surface area contributed by atoms with Crippen molar-refractivity contribution in [3.05, 3.63) is 168 Å². The van der Waals surface area contributed by atoms with Crippen molar-refractivity contribution in [2.75, 3.05) is 0 Å². The van der Waals surface area contributed by atoms with Crippen molar-refractivity contribution in [1.29, 1.82) is 0 Å².